The smallest absolute Gasteiger partial charge is 0.269 e. The summed E-state index contributed by atoms with van der Waals surface area (Å²) in [6.45, 7) is 0. The third-order valence-electron chi connectivity index (χ3n) is 2.76. The van der Waals surface area contributed by atoms with Crippen LogP contribution in [0.5, 0.6) is 0 Å². The van der Waals surface area contributed by atoms with E-state index in [9.17, 15) is 17.6 Å². The van der Waals surface area contributed by atoms with E-state index in [0.29, 0.717) is 0 Å². The van der Waals surface area contributed by atoms with E-state index in [1.54, 1.807) is 0 Å². The molecule has 4 nitrogen and oxygen atoms in total. The molecule has 0 atom stereocenters. The normalized spacial score (nSPS) is 11.4. The maximum absolute atomic E-state index is 12.9. The topological polar surface area (TPSA) is 71.4 Å². The van der Waals surface area contributed by atoms with E-state index in [0.717, 1.165) is 12.1 Å². The maximum Gasteiger partial charge on any atom is 0.269 e. The summed E-state index contributed by atoms with van der Waals surface area (Å²) in [7, 11) is -4.29. The number of hydrogen-bond donors (Lipinski definition) is 1. The van der Waals surface area contributed by atoms with Crippen molar-refractivity contribution in [1.82, 2.24) is 0 Å². The molecule has 0 spiro atoms. The Morgan fingerprint density at radius 2 is 1.76 bits per heavy atom. The molecule has 2 aromatic carbocycles. The van der Waals surface area contributed by atoms with Crippen molar-refractivity contribution in [3.05, 3.63) is 70.0 Å². The minimum atomic E-state index is -4.29. The summed E-state index contributed by atoms with van der Waals surface area (Å²) >= 11 is 5.82. The monoisotopic (exact) mass is 328 g/mol. The quantitative estimate of drug-likeness (QED) is 0.691. The molecule has 0 amide bonds. The summed E-state index contributed by atoms with van der Waals surface area (Å²) in [5.41, 5.74) is 0.359. The van der Waals surface area contributed by atoms with Crippen LogP contribution in [-0.2, 0) is 15.9 Å². The Labute approximate surface area is 125 Å². The first-order valence-electron chi connectivity index (χ1n) is 5.80. The molecular formula is C14H10ClFO4S. The number of rotatable bonds is 4. The lowest BCUT2D eigenvalue weighted by Crippen LogP contribution is -2.10. The van der Waals surface area contributed by atoms with Gasteiger partial charge in [0.05, 0.1) is 0 Å². The highest BCUT2D eigenvalue weighted by Gasteiger charge is 2.18. The number of hydrogen-bond acceptors (Lipinski definition) is 3. The van der Waals surface area contributed by atoms with Gasteiger partial charge in [-0.25, -0.2) is 4.39 Å². The molecule has 2 aromatic rings. The average Bonchev–Trinajstić information content (AvgIpc) is 2.39. The van der Waals surface area contributed by atoms with E-state index in [1.807, 2.05) is 0 Å². The van der Waals surface area contributed by atoms with Gasteiger partial charge in [0.1, 0.15) is 11.6 Å². The second kappa shape index (κ2) is 5.93. The van der Waals surface area contributed by atoms with Gasteiger partial charge < -0.3 is 0 Å². The van der Waals surface area contributed by atoms with Gasteiger partial charge >= 0.3 is 0 Å². The fraction of sp³-hybridized carbons (Fsp3) is 0.0714. The minimum absolute atomic E-state index is 0.0479. The van der Waals surface area contributed by atoms with Crippen molar-refractivity contribution in [2.45, 2.75) is 5.75 Å². The zero-order chi connectivity index (χ0) is 15.6. The number of carbonyl (C=O) groups is 1. The summed E-state index contributed by atoms with van der Waals surface area (Å²) in [5, 5.41) is 0.250. The molecule has 0 saturated carbocycles. The molecule has 0 aliphatic carbocycles. The summed E-state index contributed by atoms with van der Waals surface area (Å²) in [4.78, 5) is 12.4. The molecular weight excluding hydrogens is 319 g/mol. The van der Waals surface area contributed by atoms with Gasteiger partial charge in [0.15, 0.2) is 5.78 Å². The van der Waals surface area contributed by atoms with E-state index in [2.05, 4.69) is 0 Å². The highest BCUT2D eigenvalue weighted by atomic mass is 35.5. The Morgan fingerprint density at radius 1 is 1.14 bits per heavy atom. The molecule has 21 heavy (non-hydrogen) atoms. The van der Waals surface area contributed by atoms with Gasteiger partial charge in [0.25, 0.3) is 10.1 Å². The third-order valence-corrected chi connectivity index (χ3v) is 3.67. The van der Waals surface area contributed by atoms with Crippen LogP contribution in [0, 0.1) is 5.82 Å². The lowest BCUT2D eigenvalue weighted by molar-refractivity contribution is 0.103. The van der Waals surface area contributed by atoms with Crippen LogP contribution in [0.2, 0.25) is 5.02 Å². The molecule has 0 radical (unpaired) electrons. The van der Waals surface area contributed by atoms with Gasteiger partial charge in [-0.15, -0.1) is 0 Å². The van der Waals surface area contributed by atoms with Crippen molar-refractivity contribution in [2.75, 3.05) is 0 Å². The standard InChI is InChI=1S/C14H10ClFO4S/c15-11-4-1-10(8-21(18,19)20)13(7-11)14(17)9-2-5-12(16)6-3-9/h1-7H,8H2,(H,18,19,20). The van der Waals surface area contributed by atoms with Crippen LogP contribution < -0.4 is 0 Å². The van der Waals surface area contributed by atoms with E-state index in [1.165, 1.54) is 30.3 Å². The Balaban J connectivity index is 2.49. The molecule has 0 aliphatic heterocycles. The summed E-state index contributed by atoms with van der Waals surface area (Å²) in [6.07, 6.45) is 0. The van der Waals surface area contributed by atoms with Crippen molar-refractivity contribution < 1.29 is 22.2 Å². The van der Waals surface area contributed by atoms with E-state index in [-0.39, 0.29) is 21.7 Å². The fourth-order valence-corrected chi connectivity index (χ4v) is 2.66. The molecule has 1 N–H and O–H groups in total. The second-order valence-corrected chi connectivity index (χ2v) is 6.25. The number of carbonyl (C=O) groups excluding carboxylic acids is 1. The largest absolute Gasteiger partial charge is 0.289 e. The number of benzene rings is 2. The van der Waals surface area contributed by atoms with Gasteiger partial charge in [-0.05, 0) is 42.0 Å². The Kier molecular flexibility index (Phi) is 4.41. The van der Waals surface area contributed by atoms with E-state index in [4.69, 9.17) is 16.2 Å². The molecule has 0 saturated heterocycles. The minimum Gasteiger partial charge on any atom is -0.289 e. The zero-order valence-electron chi connectivity index (χ0n) is 10.6. The van der Waals surface area contributed by atoms with Crippen molar-refractivity contribution >= 4 is 27.5 Å². The molecule has 110 valence electrons. The Morgan fingerprint density at radius 3 is 2.33 bits per heavy atom. The maximum atomic E-state index is 12.9. The van der Waals surface area contributed by atoms with Crippen molar-refractivity contribution in [3.8, 4) is 0 Å². The van der Waals surface area contributed by atoms with Gasteiger partial charge in [-0.2, -0.15) is 8.42 Å². The predicted molar refractivity (Wildman–Crippen MR) is 76.5 cm³/mol. The van der Waals surface area contributed by atoms with E-state index < -0.39 is 27.5 Å². The van der Waals surface area contributed by atoms with Crippen molar-refractivity contribution in [3.63, 3.8) is 0 Å². The molecule has 0 aliphatic rings. The molecule has 0 fully saturated rings. The van der Waals surface area contributed by atoms with Gasteiger partial charge in [0, 0.05) is 16.1 Å². The third kappa shape index (κ3) is 4.10. The lowest BCUT2D eigenvalue weighted by atomic mass is 9.99. The fourth-order valence-electron chi connectivity index (χ4n) is 1.84. The average molecular weight is 329 g/mol. The summed E-state index contributed by atoms with van der Waals surface area (Å²) in [6, 6.07) is 8.91. The first kappa shape index (κ1) is 15.6. The predicted octanol–water partition coefficient (Wildman–Crippen LogP) is 3.10. The SMILES string of the molecule is O=C(c1ccc(F)cc1)c1cc(Cl)ccc1CS(=O)(=O)O. The van der Waals surface area contributed by atoms with Crippen molar-refractivity contribution in [1.29, 1.82) is 0 Å². The zero-order valence-corrected chi connectivity index (χ0v) is 12.2. The van der Waals surface area contributed by atoms with Crippen LogP contribution in [0.25, 0.3) is 0 Å². The van der Waals surface area contributed by atoms with Crippen LogP contribution in [-0.4, -0.2) is 18.8 Å². The van der Waals surface area contributed by atoms with Gasteiger partial charge in [-0.3, -0.25) is 9.35 Å². The number of ketones is 1. The van der Waals surface area contributed by atoms with E-state index >= 15 is 0 Å². The van der Waals surface area contributed by atoms with Gasteiger partial charge in [-0.1, -0.05) is 17.7 Å². The van der Waals surface area contributed by atoms with Gasteiger partial charge in [0.2, 0.25) is 0 Å². The molecule has 0 bridgehead atoms. The van der Waals surface area contributed by atoms with Crippen LogP contribution in [0.1, 0.15) is 21.5 Å². The molecule has 0 aromatic heterocycles. The summed E-state index contributed by atoms with van der Waals surface area (Å²) in [5.74, 6) is -1.70. The van der Waals surface area contributed by atoms with Crippen LogP contribution >= 0.6 is 11.6 Å². The molecule has 0 heterocycles. The van der Waals surface area contributed by atoms with Crippen LogP contribution in [0.3, 0.4) is 0 Å². The highest BCUT2D eigenvalue weighted by molar-refractivity contribution is 7.85. The first-order chi connectivity index (χ1) is 9.76. The second-order valence-electron chi connectivity index (χ2n) is 4.36. The molecule has 7 heteroatoms. The van der Waals surface area contributed by atoms with Crippen LogP contribution in [0.4, 0.5) is 4.39 Å². The van der Waals surface area contributed by atoms with Crippen LogP contribution in [0.15, 0.2) is 42.5 Å². The lowest BCUT2D eigenvalue weighted by Gasteiger charge is -2.08. The Bertz CT molecular complexity index is 785. The summed E-state index contributed by atoms with van der Waals surface area (Å²) < 4.78 is 43.8. The first-order valence-corrected chi connectivity index (χ1v) is 7.79. The highest BCUT2D eigenvalue weighted by Crippen LogP contribution is 2.21. The molecule has 0 unspecified atom stereocenters. The van der Waals surface area contributed by atoms with Crippen molar-refractivity contribution in [2.24, 2.45) is 0 Å². The molecule has 2 rings (SSSR count). The number of halogens is 2. The Hall–Kier alpha value is -1.76.